The molecule has 0 bridgehead atoms. The number of hydrogen-bond acceptors (Lipinski definition) is 2. The van der Waals surface area contributed by atoms with Gasteiger partial charge in [0.1, 0.15) is 0 Å². The van der Waals surface area contributed by atoms with Crippen LogP contribution in [0, 0.1) is 24.2 Å². The van der Waals surface area contributed by atoms with Crippen molar-refractivity contribution in [2.24, 2.45) is 5.92 Å². The van der Waals surface area contributed by atoms with Gasteiger partial charge in [0.15, 0.2) is 0 Å². The van der Waals surface area contributed by atoms with E-state index >= 15 is 0 Å². The summed E-state index contributed by atoms with van der Waals surface area (Å²) >= 11 is 0. The predicted molar refractivity (Wildman–Crippen MR) is 119 cm³/mol. The van der Waals surface area contributed by atoms with Crippen LogP contribution in [0.2, 0.25) is 0 Å². The first-order valence-electron chi connectivity index (χ1n) is 10.1. The highest BCUT2D eigenvalue weighted by atomic mass is 15.1. The largest absolute Gasteiger partial charge is 0.314 e. The molecule has 0 N–H and O–H groups in total. The summed E-state index contributed by atoms with van der Waals surface area (Å²) in [5, 5.41) is 9.60. The van der Waals surface area contributed by atoms with Crippen LogP contribution in [0.25, 0.3) is 0 Å². The molecule has 0 aromatic heterocycles. The number of nitrogens with zero attached hydrogens (tertiary/aromatic N) is 2. The van der Waals surface area contributed by atoms with E-state index < -0.39 is 5.41 Å². The van der Waals surface area contributed by atoms with Crippen molar-refractivity contribution in [2.75, 3.05) is 4.90 Å². The van der Waals surface area contributed by atoms with Crippen LogP contribution in [0.15, 0.2) is 72.0 Å². The van der Waals surface area contributed by atoms with Crippen molar-refractivity contribution in [3.8, 4) is 6.07 Å². The van der Waals surface area contributed by atoms with Gasteiger partial charge in [-0.25, -0.2) is 0 Å². The average molecular weight is 371 g/mol. The Morgan fingerprint density at radius 1 is 1.00 bits per heavy atom. The van der Waals surface area contributed by atoms with Crippen LogP contribution in [-0.2, 0) is 5.41 Å². The van der Waals surface area contributed by atoms with Gasteiger partial charge in [0, 0.05) is 17.1 Å². The van der Waals surface area contributed by atoms with Crippen LogP contribution in [0.1, 0.15) is 51.7 Å². The van der Waals surface area contributed by atoms with Crippen molar-refractivity contribution in [1.82, 2.24) is 0 Å². The molecule has 2 atom stereocenters. The van der Waals surface area contributed by atoms with Crippen LogP contribution >= 0.6 is 0 Å². The zero-order valence-electron chi connectivity index (χ0n) is 17.7. The van der Waals surface area contributed by atoms with E-state index in [1.165, 1.54) is 22.5 Å². The Morgan fingerprint density at radius 2 is 1.57 bits per heavy atom. The highest BCUT2D eigenvalue weighted by Crippen LogP contribution is 2.37. The maximum atomic E-state index is 9.60. The summed E-state index contributed by atoms with van der Waals surface area (Å²) in [6, 6.07) is 19.7. The first-order valence-corrected chi connectivity index (χ1v) is 10.1. The van der Waals surface area contributed by atoms with E-state index in [1.54, 1.807) is 0 Å². The summed E-state index contributed by atoms with van der Waals surface area (Å²) in [6.07, 6.45) is 6.30. The van der Waals surface area contributed by atoms with Crippen molar-refractivity contribution in [3.05, 3.63) is 83.1 Å². The molecule has 28 heavy (non-hydrogen) atoms. The second-order valence-corrected chi connectivity index (χ2v) is 8.19. The summed E-state index contributed by atoms with van der Waals surface area (Å²) in [6.45, 7) is 10.7. The molecule has 1 aliphatic carbocycles. The Bertz CT molecular complexity index is 926. The Morgan fingerprint density at radius 3 is 2.07 bits per heavy atom. The van der Waals surface area contributed by atoms with Gasteiger partial charge in [0.2, 0.25) is 0 Å². The molecule has 0 heterocycles. The smallest absolute Gasteiger partial charge is 0.0791 e. The van der Waals surface area contributed by atoms with Crippen LogP contribution in [0.3, 0.4) is 0 Å². The van der Waals surface area contributed by atoms with Crippen LogP contribution in [0.4, 0.5) is 11.4 Å². The molecule has 2 aromatic carbocycles. The Balaban J connectivity index is 2.05. The maximum absolute atomic E-state index is 9.60. The zero-order valence-corrected chi connectivity index (χ0v) is 17.7. The molecule has 3 rings (SSSR count). The van der Waals surface area contributed by atoms with E-state index in [0.717, 1.165) is 24.1 Å². The number of rotatable bonds is 5. The molecule has 2 heteroatoms. The molecule has 0 fully saturated rings. The Hall–Kier alpha value is -2.79. The predicted octanol–water partition coefficient (Wildman–Crippen LogP) is 7.19. The number of benzene rings is 2. The zero-order chi connectivity index (χ0) is 20.3. The third-order valence-electron chi connectivity index (χ3n) is 6.13. The lowest BCUT2D eigenvalue weighted by molar-refractivity contribution is 0.587. The molecule has 0 radical (unpaired) electrons. The van der Waals surface area contributed by atoms with E-state index in [9.17, 15) is 5.26 Å². The van der Waals surface area contributed by atoms with Crippen molar-refractivity contribution >= 4 is 11.4 Å². The van der Waals surface area contributed by atoms with Gasteiger partial charge >= 0.3 is 0 Å². The topological polar surface area (TPSA) is 27.0 Å². The van der Waals surface area contributed by atoms with Crippen molar-refractivity contribution < 1.29 is 0 Å². The molecule has 0 spiro atoms. The molecule has 0 amide bonds. The normalized spacial score (nSPS) is 18.5. The number of anilines is 2. The average Bonchev–Trinajstić information content (AvgIpc) is 2.72. The first-order chi connectivity index (χ1) is 13.4. The van der Waals surface area contributed by atoms with Crippen LogP contribution in [-0.4, -0.2) is 0 Å². The van der Waals surface area contributed by atoms with Crippen molar-refractivity contribution in [1.29, 1.82) is 5.26 Å². The van der Waals surface area contributed by atoms with Gasteiger partial charge in [-0.15, -0.1) is 0 Å². The molecular weight excluding hydrogens is 340 g/mol. The number of aryl methyl sites for hydroxylation is 1. The third-order valence-corrected chi connectivity index (χ3v) is 6.13. The summed E-state index contributed by atoms with van der Waals surface area (Å²) in [4.78, 5) is 2.35. The van der Waals surface area contributed by atoms with E-state index in [-0.39, 0.29) is 0 Å². The lowest BCUT2D eigenvalue weighted by Crippen LogP contribution is -2.21. The first kappa shape index (κ1) is 20.0. The standard InChI is InChI=1S/C26H30N2/c1-6-26(5,18-27)22-10-15-24(16-11-22)28(23-12-7-19(2)8-13-23)25-14-9-20(3)21(4)17-25/h7-16,21H,6,17H2,1-5H3. The van der Waals surface area contributed by atoms with E-state index in [0.29, 0.717) is 5.92 Å². The van der Waals surface area contributed by atoms with Gasteiger partial charge in [0.25, 0.3) is 0 Å². The van der Waals surface area contributed by atoms with E-state index in [4.69, 9.17) is 0 Å². The summed E-state index contributed by atoms with van der Waals surface area (Å²) < 4.78 is 0. The number of hydrogen-bond donors (Lipinski definition) is 0. The third kappa shape index (κ3) is 3.90. The van der Waals surface area contributed by atoms with Gasteiger partial charge < -0.3 is 4.90 Å². The second-order valence-electron chi connectivity index (χ2n) is 8.19. The summed E-state index contributed by atoms with van der Waals surface area (Å²) in [7, 11) is 0. The molecular formula is C26H30N2. The lowest BCUT2D eigenvalue weighted by atomic mass is 9.81. The summed E-state index contributed by atoms with van der Waals surface area (Å²) in [5.41, 5.74) is 6.93. The maximum Gasteiger partial charge on any atom is 0.0791 e. The minimum Gasteiger partial charge on any atom is -0.314 e. The van der Waals surface area contributed by atoms with Gasteiger partial charge in [0.05, 0.1) is 11.5 Å². The number of nitriles is 1. The lowest BCUT2D eigenvalue weighted by Gasteiger charge is -2.32. The fourth-order valence-corrected chi connectivity index (χ4v) is 3.60. The Kier molecular flexibility index (Phi) is 5.75. The monoisotopic (exact) mass is 370 g/mol. The Labute approximate surface area is 169 Å². The van der Waals surface area contributed by atoms with Crippen molar-refractivity contribution in [2.45, 2.75) is 52.9 Å². The molecule has 2 unspecified atom stereocenters. The number of allylic oxidation sites excluding steroid dienone is 4. The fraction of sp³-hybridized carbons (Fsp3) is 0.346. The highest BCUT2D eigenvalue weighted by Gasteiger charge is 2.25. The minimum absolute atomic E-state index is 0.439. The molecule has 144 valence electrons. The molecule has 1 aliphatic rings. The minimum atomic E-state index is -0.439. The van der Waals surface area contributed by atoms with Crippen LogP contribution < -0.4 is 4.90 Å². The molecule has 2 nitrogen and oxygen atoms in total. The highest BCUT2D eigenvalue weighted by molar-refractivity contribution is 5.69. The van der Waals surface area contributed by atoms with Crippen LogP contribution in [0.5, 0.6) is 0 Å². The fourth-order valence-electron chi connectivity index (χ4n) is 3.60. The molecule has 0 saturated heterocycles. The molecule has 2 aromatic rings. The van der Waals surface area contributed by atoms with Gasteiger partial charge in [-0.3, -0.25) is 0 Å². The quantitative estimate of drug-likeness (QED) is 0.556. The van der Waals surface area contributed by atoms with E-state index in [1.807, 2.05) is 6.92 Å². The second kappa shape index (κ2) is 8.07. The van der Waals surface area contributed by atoms with Crippen molar-refractivity contribution in [3.63, 3.8) is 0 Å². The summed E-state index contributed by atoms with van der Waals surface area (Å²) in [5.74, 6) is 0.536. The SMILES string of the molecule is CCC(C)(C#N)c1ccc(N(C2=CC=C(C)C(C)C2)c2ccc(C)cc2)cc1. The van der Waals surface area contributed by atoms with Gasteiger partial charge in [-0.2, -0.15) is 5.26 Å². The molecule has 0 aliphatic heterocycles. The molecule has 0 saturated carbocycles. The van der Waals surface area contributed by atoms with E-state index in [2.05, 4.69) is 99.3 Å². The van der Waals surface area contributed by atoms with Gasteiger partial charge in [-0.1, -0.05) is 55.3 Å². The van der Waals surface area contributed by atoms with Gasteiger partial charge in [-0.05, 0) is 75.4 Å².